The van der Waals surface area contributed by atoms with E-state index in [1.54, 1.807) is 6.07 Å². The smallest absolute Gasteiger partial charge is 0.143 e. The molecule has 0 atom stereocenters. The van der Waals surface area contributed by atoms with Crippen LogP contribution in [0.1, 0.15) is 33.3 Å². The molecule has 0 unspecified atom stereocenters. The van der Waals surface area contributed by atoms with Gasteiger partial charge >= 0.3 is 0 Å². The fourth-order valence-electron chi connectivity index (χ4n) is 2.04. The van der Waals surface area contributed by atoms with Gasteiger partial charge in [-0.25, -0.2) is 9.37 Å². The molecule has 0 aliphatic carbocycles. The molecule has 0 fully saturated rings. The zero-order valence-corrected chi connectivity index (χ0v) is 12.4. The van der Waals surface area contributed by atoms with Crippen molar-refractivity contribution >= 4 is 28.3 Å². The highest BCUT2D eigenvalue weighted by Crippen LogP contribution is 2.32. The molecule has 0 aliphatic heterocycles. The number of fused-ring (bicyclic) bond motifs is 1. The van der Waals surface area contributed by atoms with Crippen LogP contribution in [0.4, 0.5) is 10.2 Å². The summed E-state index contributed by atoms with van der Waals surface area (Å²) in [6, 6.07) is 5.04. The fraction of sp³-hybridized carbons (Fsp3) is 0.400. The Bertz CT molecular complexity index is 618. The van der Waals surface area contributed by atoms with Crippen LogP contribution in [0.2, 0.25) is 5.02 Å². The molecule has 102 valence electrons. The summed E-state index contributed by atoms with van der Waals surface area (Å²) >= 11 is 5.84. The molecule has 2 rings (SSSR count). The van der Waals surface area contributed by atoms with Gasteiger partial charge in [-0.2, -0.15) is 0 Å². The number of anilines is 1. The van der Waals surface area contributed by atoms with E-state index < -0.39 is 5.82 Å². The number of halogens is 2. The Morgan fingerprint density at radius 3 is 2.53 bits per heavy atom. The van der Waals surface area contributed by atoms with E-state index in [-0.39, 0.29) is 10.4 Å². The lowest BCUT2D eigenvalue weighted by Crippen LogP contribution is -2.16. The first-order valence-corrected chi connectivity index (χ1v) is 6.75. The van der Waals surface area contributed by atoms with Crippen LogP contribution < -0.4 is 5.32 Å². The van der Waals surface area contributed by atoms with Gasteiger partial charge in [0.2, 0.25) is 0 Å². The van der Waals surface area contributed by atoms with Gasteiger partial charge in [0.15, 0.2) is 0 Å². The number of benzene rings is 1. The lowest BCUT2D eigenvalue weighted by molar-refractivity contribution is 0.590. The van der Waals surface area contributed by atoms with Crippen molar-refractivity contribution in [3.05, 3.63) is 34.6 Å². The third-order valence-corrected chi connectivity index (χ3v) is 3.30. The Balaban J connectivity index is 2.73. The van der Waals surface area contributed by atoms with Gasteiger partial charge in [0.05, 0.1) is 10.5 Å². The van der Waals surface area contributed by atoms with Crippen molar-refractivity contribution in [3.63, 3.8) is 0 Å². The Kier molecular flexibility index (Phi) is 3.68. The molecule has 0 saturated heterocycles. The molecule has 0 saturated carbocycles. The first kappa shape index (κ1) is 14.1. The number of nitrogens with zero attached hydrogens (tertiary/aromatic N) is 1. The number of hydrogen-bond acceptors (Lipinski definition) is 2. The predicted octanol–water partition coefficient (Wildman–Crippen LogP) is 4.76. The molecule has 19 heavy (non-hydrogen) atoms. The summed E-state index contributed by atoms with van der Waals surface area (Å²) in [5.74, 6) is 0.372. The quantitative estimate of drug-likeness (QED) is 0.858. The van der Waals surface area contributed by atoms with Crippen molar-refractivity contribution < 1.29 is 4.39 Å². The molecule has 2 aromatic rings. The van der Waals surface area contributed by atoms with Gasteiger partial charge in [-0.05, 0) is 24.5 Å². The van der Waals surface area contributed by atoms with Crippen LogP contribution in [0.5, 0.6) is 0 Å². The summed E-state index contributed by atoms with van der Waals surface area (Å²) in [6.45, 7) is 9.17. The monoisotopic (exact) mass is 280 g/mol. The van der Waals surface area contributed by atoms with E-state index in [4.69, 9.17) is 11.6 Å². The molecule has 1 N–H and O–H groups in total. The number of rotatable bonds is 2. The molecule has 0 bridgehead atoms. The molecular weight excluding hydrogens is 263 g/mol. The van der Waals surface area contributed by atoms with Crippen molar-refractivity contribution in [1.29, 1.82) is 0 Å². The van der Waals surface area contributed by atoms with Gasteiger partial charge in [-0.1, -0.05) is 32.4 Å². The number of aromatic nitrogens is 1. The molecule has 2 nitrogen and oxygen atoms in total. The van der Waals surface area contributed by atoms with E-state index >= 15 is 0 Å². The molecular formula is C15H18ClFN2. The van der Waals surface area contributed by atoms with Crippen molar-refractivity contribution in [2.75, 3.05) is 11.9 Å². The highest BCUT2D eigenvalue weighted by atomic mass is 35.5. The average Bonchev–Trinajstić information content (AvgIpc) is 2.29. The third-order valence-electron chi connectivity index (χ3n) is 3.01. The average molecular weight is 281 g/mol. The summed E-state index contributed by atoms with van der Waals surface area (Å²) < 4.78 is 13.5. The van der Waals surface area contributed by atoms with Gasteiger partial charge in [0, 0.05) is 23.6 Å². The maximum Gasteiger partial charge on any atom is 0.143 e. The molecule has 1 aromatic heterocycles. The number of hydrogen-bond donors (Lipinski definition) is 1. The van der Waals surface area contributed by atoms with Gasteiger partial charge in [-0.15, -0.1) is 0 Å². The van der Waals surface area contributed by atoms with Crippen LogP contribution in [0, 0.1) is 5.82 Å². The van der Waals surface area contributed by atoms with Crippen molar-refractivity contribution in [1.82, 2.24) is 4.98 Å². The maximum absolute atomic E-state index is 13.5. The third kappa shape index (κ3) is 2.81. The molecule has 0 spiro atoms. The standard InChI is InChI=1S/C15H18ClFN2/c1-5-18-14-10(15(2,3)4)6-9-7-11(16)12(17)8-13(9)19-14/h6-8H,5H2,1-4H3,(H,18,19). The highest BCUT2D eigenvalue weighted by molar-refractivity contribution is 6.31. The van der Waals surface area contributed by atoms with Crippen LogP contribution in [-0.4, -0.2) is 11.5 Å². The second kappa shape index (κ2) is 4.97. The normalized spacial score (nSPS) is 11.9. The molecule has 0 radical (unpaired) electrons. The second-order valence-electron chi connectivity index (χ2n) is 5.62. The minimum Gasteiger partial charge on any atom is -0.370 e. The zero-order valence-electron chi connectivity index (χ0n) is 11.6. The van der Waals surface area contributed by atoms with Crippen molar-refractivity contribution in [3.8, 4) is 0 Å². The first-order chi connectivity index (χ1) is 8.82. The Morgan fingerprint density at radius 2 is 1.95 bits per heavy atom. The minimum absolute atomic E-state index is 0.0421. The second-order valence-corrected chi connectivity index (χ2v) is 6.03. The summed E-state index contributed by atoms with van der Waals surface area (Å²) in [6.07, 6.45) is 0. The van der Waals surface area contributed by atoms with E-state index in [1.165, 1.54) is 6.07 Å². The van der Waals surface area contributed by atoms with E-state index in [9.17, 15) is 4.39 Å². The molecule has 1 aromatic carbocycles. The lowest BCUT2D eigenvalue weighted by atomic mass is 9.86. The van der Waals surface area contributed by atoms with E-state index in [0.717, 1.165) is 23.3 Å². The van der Waals surface area contributed by atoms with Gasteiger partial charge in [0.25, 0.3) is 0 Å². The van der Waals surface area contributed by atoms with Crippen LogP contribution in [-0.2, 0) is 5.41 Å². The predicted molar refractivity (Wildman–Crippen MR) is 79.6 cm³/mol. The van der Waals surface area contributed by atoms with Crippen molar-refractivity contribution in [2.45, 2.75) is 33.1 Å². The number of pyridine rings is 1. The van der Waals surface area contributed by atoms with E-state index in [1.807, 2.05) is 13.0 Å². The van der Waals surface area contributed by atoms with Crippen LogP contribution >= 0.6 is 11.6 Å². The molecule has 1 heterocycles. The largest absolute Gasteiger partial charge is 0.370 e. The van der Waals surface area contributed by atoms with E-state index in [2.05, 4.69) is 31.1 Å². The Morgan fingerprint density at radius 1 is 1.26 bits per heavy atom. The Hall–Kier alpha value is -1.35. The molecule has 0 amide bonds. The highest BCUT2D eigenvalue weighted by Gasteiger charge is 2.20. The Labute approximate surface area is 118 Å². The summed E-state index contributed by atoms with van der Waals surface area (Å²) in [5.41, 5.74) is 1.68. The zero-order chi connectivity index (χ0) is 14.2. The van der Waals surface area contributed by atoms with Crippen LogP contribution in [0.15, 0.2) is 18.2 Å². The lowest BCUT2D eigenvalue weighted by Gasteiger charge is -2.23. The summed E-state index contributed by atoms with van der Waals surface area (Å²) in [5, 5.41) is 4.23. The fourth-order valence-corrected chi connectivity index (χ4v) is 2.21. The van der Waals surface area contributed by atoms with Gasteiger partial charge in [0.1, 0.15) is 11.6 Å². The van der Waals surface area contributed by atoms with Crippen LogP contribution in [0.25, 0.3) is 10.9 Å². The van der Waals surface area contributed by atoms with Gasteiger partial charge < -0.3 is 5.32 Å². The van der Waals surface area contributed by atoms with E-state index in [0.29, 0.717) is 5.52 Å². The first-order valence-electron chi connectivity index (χ1n) is 6.37. The SMILES string of the molecule is CCNc1nc2cc(F)c(Cl)cc2cc1C(C)(C)C. The van der Waals surface area contributed by atoms with Gasteiger partial charge in [-0.3, -0.25) is 0 Å². The number of nitrogens with one attached hydrogen (secondary N) is 1. The minimum atomic E-state index is -0.437. The van der Waals surface area contributed by atoms with Crippen LogP contribution in [0.3, 0.4) is 0 Å². The maximum atomic E-state index is 13.5. The summed E-state index contributed by atoms with van der Waals surface area (Å²) in [7, 11) is 0. The molecule has 0 aliphatic rings. The topological polar surface area (TPSA) is 24.9 Å². The summed E-state index contributed by atoms with van der Waals surface area (Å²) in [4.78, 5) is 4.52. The van der Waals surface area contributed by atoms with Crippen molar-refractivity contribution in [2.24, 2.45) is 0 Å². The molecule has 4 heteroatoms.